The minimum absolute atomic E-state index is 0.101. The van der Waals surface area contributed by atoms with Crippen LogP contribution in [-0.2, 0) is 4.79 Å². The molecule has 18 heavy (non-hydrogen) atoms. The number of carbonyl (C=O) groups is 1. The van der Waals surface area contributed by atoms with Gasteiger partial charge in [-0.05, 0) is 6.07 Å². The van der Waals surface area contributed by atoms with Crippen molar-refractivity contribution in [2.45, 2.75) is 6.92 Å². The fourth-order valence-electron chi connectivity index (χ4n) is 1.61. The van der Waals surface area contributed by atoms with E-state index in [1.54, 1.807) is 6.07 Å². The number of fused-ring (bicyclic) bond motifs is 3. The summed E-state index contributed by atoms with van der Waals surface area (Å²) in [4.78, 5) is 26.8. The lowest BCUT2D eigenvalue weighted by molar-refractivity contribution is -0.115. The molecule has 3 aromatic heterocycles. The number of rotatable bonds is 1. The highest BCUT2D eigenvalue weighted by Crippen LogP contribution is 2.05. The van der Waals surface area contributed by atoms with Crippen LogP contribution in [0.1, 0.15) is 6.92 Å². The molecule has 1 amide bonds. The van der Waals surface area contributed by atoms with Crippen molar-refractivity contribution in [3.05, 3.63) is 28.9 Å². The molecule has 0 spiro atoms. The first-order valence-electron chi connectivity index (χ1n) is 5.02. The molecule has 0 aliphatic heterocycles. The lowest BCUT2D eigenvalue weighted by Crippen LogP contribution is -2.32. The second kappa shape index (κ2) is 3.58. The topological polar surface area (TPSA) is 107 Å². The van der Waals surface area contributed by atoms with Gasteiger partial charge in [-0.1, -0.05) is 0 Å². The summed E-state index contributed by atoms with van der Waals surface area (Å²) in [6.07, 6.45) is 2.75. The summed E-state index contributed by atoms with van der Waals surface area (Å²) < 4.78 is 2.45. The lowest BCUT2D eigenvalue weighted by Gasteiger charge is -2.06. The summed E-state index contributed by atoms with van der Waals surface area (Å²) in [5, 5.41) is 11.5. The van der Waals surface area contributed by atoms with Gasteiger partial charge in [-0.15, -0.1) is 10.2 Å². The maximum absolute atomic E-state index is 12.0. The van der Waals surface area contributed by atoms with Crippen molar-refractivity contribution in [2.24, 2.45) is 0 Å². The first-order chi connectivity index (χ1) is 8.66. The molecule has 0 atom stereocenters. The van der Waals surface area contributed by atoms with Gasteiger partial charge in [-0.25, -0.2) is 4.68 Å². The molecule has 0 aliphatic rings. The number of hydrogen-bond acceptors (Lipinski definition) is 6. The van der Waals surface area contributed by atoms with E-state index in [2.05, 4.69) is 25.7 Å². The standard InChI is InChI=1S/C9H7N7O2/c1-5(17)14-15-3-2-6-7(8(15)18)12-13-9-10-4-11-16(6)9/h2-4H,1H3,(H,14,17). The van der Waals surface area contributed by atoms with E-state index in [0.29, 0.717) is 11.3 Å². The Hall–Kier alpha value is -2.84. The van der Waals surface area contributed by atoms with Gasteiger partial charge in [0.15, 0.2) is 5.52 Å². The van der Waals surface area contributed by atoms with E-state index in [9.17, 15) is 9.59 Å². The van der Waals surface area contributed by atoms with Crippen LogP contribution in [0, 0.1) is 0 Å². The third-order valence-electron chi connectivity index (χ3n) is 2.32. The zero-order valence-corrected chi connectivity index (χ0v) is 9.23. The fraction of sp³-hybridized carbons (Fsp3) is 0.111. The molecule has 0 aromatic carbocycles. The van der Waals surface area contributed by atoms with Crippen molar-refractivity contribution >= 4 is 22.7 Å². The van der Waals surface area contributed by atoms with Gasteiger partial charge < -0.3 is 0 Å². The van der Waals surface area contributed by atoms with Crippen molar-refractivity contribution in [3.63, 3.8) is 0 Å². The Bertz CT molecular complexity index is 819. The maximum Gasteiger partial charge on any atom is 0.299 e. The summed E-state index contributed by atoms with van der Waals surface area (Å²) in [6.45, 7) is 1.31. The molecule has 0 aliphatic carbocycles. The average Bonchev–Trinajstić information content (AvgIpc) is 2.80. The first kappa shape index (κ1) is 10.3. The highest BCUT2D eigenvalue weighted by Gasteiger charge is 2.10. The Morgan fingerprint density at radius 2 is 2.22 bits per heavy atom. The number of nitrogens with one attached hydrogen (secondary N) is 1. The molecular weight excluding hydrogens is 238 g/mol. The molecule has 0 fully saturated rings. The second-order valence-electron chi connectivity index (χ2n) is 3.56. The van der Waals surface area contributed by atoms with Crippen molar-refractivity contribution in [3.8, 4) is 0 Å². The molecule has 0 saturated heterocycles. The minimum Gasteiger partial charge on any atom is -0.274 e. The van der Waals surface area contributed by atoms with Crippen molar-refractivity contribution < 1.29 is 4.79 Å². The number of amides is 1. The zero-order chi connectivity index (χ0) is 12.7. The molecule has 0 radical (unpaired) electrons. The van der Waals surface area contributed by atoms with E-state index >= 15 is 0 Å². The third-order valence-corrected chi connectivity index (χ3v) is 2.32. The first-order valence-corrected chi connectivity index (χ1v) is 5.02. The van der Waals surface area contributed by atoms with Gasteiger partial charge in [-0.3, -0.25) is 15.0 Å². The number of aromatic nitrogens is 6. The summed E-state index contributed by atoms with van der Waals surface area (Å²) in [6, 6.07) is 1.60. The SMILES string of the molecule is CC(=O)Nn1ccc2c(nnc3ncnn32)c1=O. The van der Waals surface area contributed by atoms with Crippen molar-refractivity contribution in [1.29, 1.82) is 0 Å². The molecule has 3 rings (SSSR count). The molecule has 0 bridgehead atoms. The summed E-state index contributed by atoms with van der Waals surface area (Å²) in [7, 11) is 0. The smallest absolute Gasteiger partial charge is 0.274 e. The molecule has 0 unspecified atom stereocenters. The highest BCUT2D eigenvalue weighted by atomic mass is 16.2. The van der Waals surface area contributed by atoms with Crippen LogP contribution in [0.2, 0.25) is 0 Å². The van der Waals surface area contributed by atoms with Crippen LogP contribution in [0.5, 0.6) is 0 Å². The fourth-order valence-corrected chi connectivity index (χ4v) is 1.61. The van der Waals surface area contributed by atoms with E-state index in [1.165, 1.54) is 24.0 Å². The second-order valence-corrected chi connectivity index (χ2v) is 3.56. The van der Waals surface area contributed by atoms with Gasteiger partial charge in [0.2, 0.25) is 5.91 Å². The zero-order valence-electron chi connectivity index (χ0n) is 9.23. The third kappa shape index (κ3) is 1.41. The Morgan fingerprint density at radius 3 is 3.00 bits per heavy atom. The van der Waals surface area contributed by atoms with Crippen LogP contribution in [0.25, 0.3) is 16.8 Å². The van der Waals surface area contributed by atoms with Gasteiger partial charge in [0.05, 0.1) is 0 Å². The molecule has 9 heteroatoms. The largest absolute Gasteiger partial charge is 0.299 e. The molecule has 1 N–H and O–H groups in total. The monoisotopic (exact) mass is 245 g/mol. The van der Waals surface area contributed by atoms with Crippen LogP contribution in [-0.4, -0.2) is 35.4 Å². The normalized spacial score (nSPS) is 10.9. The molecule has 0 saturated carbocycles. The van der Waals surface area contributed by atoms with Crippen LogP contribution >= 0.6 is 0 Å². The molecular formula is C9H7N7O2. The summed E-state index contributed by atoms with van der Waals surface area (Å²) in [5.74, 6) is -0.0505. The summed E-state index contributed by atoms with van der Waals surface area (Å²) >= 11 is 0. The predicted octanol–water partition coefficient (Wildman–Crippen LogP) is -1.08. The van der Waals surface area contributed by atoms with E-state index in [-0.39, 0.29) is 11.4 Å². The van der Waals surface area contributed by atoms with Gasteiger partial charge in [-0.2, -0.15) is 14.6 Å². The van der Waals surface area contributed by atoms with Crippen LogP contribution < -0.4 is 11.0 Å². The van der Waals surface area contributed by atoms with Gasteiger partial charge in [0.1, 0.15) is 11.8 Å². The Morgan fingerprint density at radius 1 is 1.39 bits per heavy atom. The maximum atomic E-state index is 12.0. The van der Waals surface area contributed by atoms with E-state index in [4.69, 9.17) is 0 Å². The number of nitrogens with zero attached hydrogens (tertiary/aromatic N) is 6. The van der Waals surface area contributed by atoms with Gasteiger partial charge in [0.25, 0.3) is 11.3 Å². The highest BCUT2D eigenvalue weighted by molar-refractivity contribution is 5.81. The Labute approximate surface area is 99.0 Å². The molecule has 3 aromatic rings. The lowest BCUT2D eigenvalue weighted by atomic mass is 10.4. The Kier molecular flexibility index (Phi) is 2.06. The molecule has 3 heterocycles. The van der Waals surface area contributed by atoms with Gasteiger partial charge in [0, 0.05) is 13.1 Å². The van der Waals surface area contributed by atoms with E-state index in [1.807, 2.05) is 0 Å². The van der Waals surface area contributed by atoms with Crippen molar-refractivity contribution in [1.82, 2.24) is 29.5 Å². The van der Waals surface area contributed by atoms with Crippen LogP contribution in [0.4, 0.5) is 0 Å². The average molecular weight is 245 g/mol. The summed E-state index contributed by atoms with van der Waals surface area (Å²) in [5.41, 5.74) is 2.46. The van der Waals surface area contributed by atoms with Crippen LogP contribution in [0.15, 0.2) is 23.4 Å². The van der Waals surface area contributed by atoms with Crippen molar-refractivity contribution in [2.75, 3.05) is 5.43 Å². The van der Waals surface area contributed by atoms with E-state index < -0.39 is 5.56 Å². The molecule has 9 nitrogen and oxygen atoms in total. The van der Waals surface area contributed by atoms with E-state index in [0.717, 1.165) is 4.68 Å². The minimum atomic E-state index is -0.479. The number of pyridine rings is 1. The predicted molar refractivity (Wildman–Crippen MR) is 60.4 cm³/mol. The number of hydrogen-bond donors (Lipinski definition) is 1. The Balaban J connectivity index is 2.35. The number of carbonyl (C=O) groups excluding carboxylic acids is 1. The molecule has 90 valence electrons. The van der Waals surface area contributed by atoms with Gasteiger partial charge >= 0.3 is 0 Å². The quantitative estimate of drug-likeness (QED) is 0.584. The van der Waals surface area contributed by atoms with Crippen LogP contribution in [0.3, 0.4) is 0 Å².